The molecule has 2 aliphatic carbocycles. The van der Waals surface area contributed by atoms with Crippen LogP contribution in [0.25, 0.3) is 0 Å². The van der Waals surface area contributed by atoms with E-state index in [0.29, 0.717) is 0 Å². The molecular formula is C13H26N2. The lowest BCUT2D eigenvalue weighted by Gasteiger charge is -2.27. The highest BCUT2D eigenvalue weighted by molar-refractivity contribution is 4.74. The van der Waals surface area contributed by atoms with Gasteiger partial charge in [0.05, 0.1) is 0 Å². The topological polar surface area (TPSA) is 24.1 Å². The second-order valence-corrected chi connectivity index (χ2v) is 5.25. The van der Waals surface area contributed by atoms with Crippen LogP contribution in [0, 0.1) is 0 Å². The van der Waals surface area contributed by atoms with Crippen molar-refractivity contribution >= 4 is 0 Å². The summed E-state index contributed by atoms with van der Waals surface area (Å²) in [5.74, 6) is 0. The van der Waals surface area contributed by atoms with Crippen LogP contribution in [0.5, 0.6) is 0 Å². The minimum atomic E-state index is 0.801. The third kappa shape index (κ3) is 4.12. The lowest BCUT2D eigenvalue weighted by Crippen LogP contribution is -2.42. The van der Waals surface area contributed by atoms with E-state index in [-0.39, 0.29) is 0 Å². The van der Waals surface area contributed by atoms with Crippen molar-refractivity contribution in [3.8, 4) is 0 Å². The van der Waals surface area contributed by atoms with E-state index in [1.165, 1.54) is 64.2 Å². The fraction of sp³-hybridized carbons (Fsp3) is 1.00. The highest BCUT2D eigenvalue weighted by Crippen LogP contribution is 2.18. The zero-order valence-electron chi connectivity index (χ0n) is 9.93. The van der Waals surface area contributed by atoms with E-state index in [0.717, 1.165) is 18.8 Å². The highest BCUT2D eigenvalue weighted by atomic mass is 15.1. The van der Waals surface area contributed by atoms with Gasteiger partial charge < -0.3 is 10.6 Å². The fourth-order valence-corrected chi connectivity index (χ4v) is 2.96. The van der Waals surface area contributed by atoms with Gasteiger partial charge in [-0.2, -0.15) is 0 Å². The van der Waals surface area contributed by atoms with E-state index >= 15 is 0 Å². The summed E-state index contributed by atoms with van der Waals surface area (Å²) >= 11 is 0. The molecule has 0 aliphatic heterocycles. The van der Waals surface area contributed by atoms with E-state index in [1.807, 2.05) is 0 Å². The molecule has 0 atom stereocenters. The van der Waals surface area contributed by atoms with Crippen molar-refractivity contribution in [2.75, 3.05) is 6.67 Å². The van der Waals surface area contributed by atoms with E-state index in [9.17, 15) is 0 Å². The molecule has 2 nitrogen and oxygen atoms in total. The van der Waals surface area contributed by atoms with Crippen LogP contribution in [0.15, 0.2) is 0 Å². The van der Waals surface area contributed by atoms with Crippen LogP contribution in [0.3, 0.4) is 0 Å². The van der Waals surface area contributed by atoms with Crippen molar-refractivity contribution in [1.82, 2.24) is 10.6 Å². The largest absolute Gasteiger partial charge is 0.302 e. The second kappa shape index (κ2) is 6.49. The lowest BCUT2D eigenvalue weighted by atomic mass is 9.95. The third-order valence-electron chi connectivity index (χ3n) is 3.99. The van der Waals surface area contributed by atoms with Gasteiger partial charge in [0.2, 0.25) is 0 Å². The van der Waals surface area contributed by atoms with E-state index in [2.05, 4.69) is 10.6 Å². The van der Waals surface area contributed by atoms with Gasteiger partial charge in [0.1, 0.15) is 0 Å². The van der Waals surface area contributed by atoms with Crippen LogP contribution in [0.1, 0.15) is 64.2 Å². The summed E-state index contributed by atoms with van der Waals surface area (Å²) in [6.45, 7) is 1.04. The van der Waals surface area contributed by atoms with Crippen LogP contribution in [0.4, 0.5) is 0 Å². The molecule has 0 spiro atoms. The lowest BCUT2D eigenvalue weighted by molar-refractivity contribution is 0.323. The molecule has 2 saturated carbocycles. The molecule has 0 aromatic carbocycles. The average Bonchev–Trinajstić information content (AvgIpc) is 2.32. The Morgan fingerprint density at radius 2 is 1.00 bits per heavy atom. The van der Waals surface area contributed by atoms with Crippen molar-refractivity contribution < 1.29 is 0 Å². The Hall–Kier alpha value is -0.0800. The Morgan fingerprint density at radius 1 is 0.600 bits per heavy atom. The van der Waals surface area contributed by atoms with Gasteiger partial charge in [-0.1, -0.05) is 38.5 Å². The maximum Gasteiger partial charge on any atom is 0.0458 e. The molecule has 0 amide bonds. The Balaban J connectivity index is 1.53. The Kier molecular flexibility index (Phi) is 4.94. The molecule has 2 heteroatoms. The summed E-state index contributed by atoms with van der Waals surface area (Å²) < 4.78 is 0. The maximum absolute atomic E-state index is 3.66. The molecular weight excluding hydrogens is 184 g/mol. The predicted molar refractivity (Wildman–Crippen MR) is 64.9 cm³/mol. The normalized spacial score (nSPS) is 25.6. The molecule has 2 N–H and O–H groups in total. The molecule has 2 aliphatic rings. The van der Waals surface area contributed by atoms with Gasteiger partial charge in [-0.25, -0.2) is 0 Å². The van der Waals surface area contributed by atoms with E-state index in [4.69, 9.17) is 0 Å². The summed E-state index contributed by atoms with van der Waals surface area (Å²) in [4.78, 5) is 0. The van der Waals surface area contributed by atoms with Crippen LogP contribution in [-0.4, -0.2) is 18.8 Å². The molecule has 88 valence electrons. The SMILES string of the molecule is C1CCC(NCNC2CCCCC2)CC1. The molecule has 0 aromatic rings. The van der Waals surface area contributed by atoms with Gasteiger partial charge in [0, 0.05) is 18.8 Å². The zero-order chi connectivity index (χ0) is 10.3. The van der Waals surface area contributed by atoms with Crippen molar-refractivity contribution in [3.05, 3.63) is 0 Å². The number of rotatable bonds is 4. The van der Waals surface area contributed by atoms with Gasteiger partial charge in [-0.3, -0.25) is 0 Å². The highest BCUT2D eigenvalue weighted by Gasteiger charge is 2.14. The summed E-state index contributed by atoms with van der Waals surface area (Å²) in [7, 11) is 0. The van der Waals surface area contributed by atoms with Crippen LogP contribution < -0.4 is 10.6 Å². The van der Waals surface area contributed by atoms with Gasteiger partial charge in [0.15, 0.2) is 0 Å². The molecule has 0 bridgehead atoms. The summed E-state index contributed by atoms with van der Waals surface area (Å²) in [5.41, 5.74) is 0. The maximum atomic E-state index is 3.66. The first-order chi connectivity index (χ1) is 7.45. The fourth-order valence-electron chi connectivity index (χ4n) is 2.96. The Labute approximate surface area is 94.2 Å². The first-order valence-corrected chi connectivity index (χ1v) is 6.92. The smallest absolute Gasteiger partial charge is 0.0458 e. The van der Waals surface area contributed by atoms with Crippen LogP contribution >= 0.6 is 0 Å². The first kappa shape index (κ1) is 11.4. The molecule has 0 unspecified atom stereocenters. The molecule has 0 radical (unpaired) electrons. The number of nitrogens with one attached hydrogen (secondary N) is 2. The molecule has 0 heterocycles. The van der Waals surface area contributed by atoms with E-state index < -0.39 is 0 Å². The van der Waals surface area contributed by atoms with E-state index in [1.54, 1.807) is 0 Å². The second-order valence-electron chi connectivity index (χ2n) is 5.25. The predicted octanol–water partition coefficient (Wildman–Crippen LogP) is 2.79. The monoisotopic (exact) mass is 210 g/mol. The summed E-state index contributed by atoms with van der Waals surface area (Å²) in [6.07, 6.45) is 14.2. The Bertz CT molecular complexity index is 140. The summed E-state index contributed by atoms with van der Waals surface area (Å²) in [6, 6.07) is 1.60. The van der Waals surface area contributed by atoms with Crippen LogP contribution in [-0.2, 0) is 0 Å². The van der Waals surface area contributed by atoms with Crippen molar-refractivity contribution in [2.45, 2.75) is 76.3 Å². The third-order valence-corrected chi connectivity index (χ3v) is 3.99. The minimum Gasteiger partial charge on any atom is -0.302 e. The minimum absolute atomic E-state index is 0.801. The number of hydrogen-bond donors (Lipinski definition) is 2. The molecule has 15 heavy (non-hydrogen) atoms. The van der Waals surface area contributed by atoms with Gasteiger partial charge in [0.25, 0.3) is 0 Å². The quantitative estimate of drug-likeness (QED) is 0.697. The molecule has 0 saturated heterocycles. The first-order valence-electron chi connectivity index (χ1n) is 6.92. The van der Waals surface area contributed by atoms with Gasteiger partial charge >= 0.3 is 0 Å². The van der Waals surface area contributed by atoms with Crippen molar-refractivity contribution in [1.29, 1.82) is 0 Å². The molecule has 0 aromatic heterocycles. The standard InChI is InChI=1S/C13H26N2/c1-3-7-12(8-4-1)14-11-15-13-9-5-2-6-10-13/h12-15H,1-11H2. The average molecular weight is 210 g/mol. The Morgan fingerprint density at radius 3 is 1.40 bits per heavy atom. The van der Waals surface area contributed by atoms with Gasteiger partial charge in [-0.05, 0) is 25.7 Å². The van der Waals surface area contributed by atoms with Crippen molar-refractivity contribution in [3.63, 3.8) is 0 Å². The van der Waals surface area contributed by atoms with Crippen molar-refractivity contribution in [2.24, 2.45) is 0 Å². The zero-order valence-corrected chi connectivity index (χ0v) is 9.93. The van der Waals surface area contributed by atoms with Crippen LogP contribution in [0.2, 0.25) is 0 Å². The summed E-state index contributed by atoms with van der Waals surface area (Å²) in [5, 5.41) is 7.32. The van der Waals surface area contributed by atoms with Gasteiger partial charge in [-0.15, -0.1) is 0 Å². The molecule has 2 fully saturated rings. The molecule has 2 rings (SSSR count). The number of hydrogen-bond acceptors (Lipinski definition) is 2.